The topological polar surface area (TPSA) is 98.2 Å². The highest BCUT2D eigenvalue weighted by Crippen LogP contribution is 2.44. The third-order valence-corrected chi connectivity index (χ3v) is 8.52. The average molecular weight is 572 g/mol. The summed E-state index contributed by atoms with van der Waals surface area (Å²) in [5.74, 6) is 0.765. The van der Waals surface area contributed by atoms with E-state index in [-0.39, 0.29) is 41.2 Å². The molecule has 0 aliphatic carbocycles. The van der Waals surface area contributed by atoms with Gasteiger partial charge in [0.05, 0.1) is 12.2 Å². The number of anilines is 1. The molecule has 1 aromatic carbocycles. The van der Waals surface area contributed by atoms with Crippen molar-refractivity contribution in [1.82, 2.24) is 29.9 Å². The van der Waals surface area contributed by atoms with Crippen LogP contribution in [0.15, 0.2) is 24.5 Å². The van der Waals surface area contributed by atoms with Crippen molar-refractivity contribution in [1.29, 1.82) is 0 Å². The molecule has 2 fully saturated rings. The first-order valence-corrected chi connectivity index (χ1v) is 14.8. The molecule has 1 aromatic heterocycles. The first-order valence-electron chi connectivity index (χ1n) is 14.8. The quantitative estimate of drug-likeness (QED) is 0.387. The van der Waals surface area contributed by atoms with Crippen LogP contribution in [0.1, 0.15) is 57.8 Å². The van der Waals surface area contributed by atoms with Crippen LogP contribution in [0.5, 0.6) is 11.6 Å². The summed E-state index contributed by atoms with van der Waals surface area (Å²) >= 11 is 0. The lowest BCUT2D eigenvalue weighted by atomic mass is 9.76. The Hall–Kier alpha value is -2.89. The average Bonchev–Trinajstić information content (AvgIpc) is 3.35. The predicted molar refractivity (Wildman–Crippen MR) is 157 cm³/mol. The molecule has 11 heteroatoms. The fourth-order valence-corrected chi connectivity index (χ4v) is 6.30. The third-order valence-electron chi connectivity index (χ3n) is 8.52. The highest BCUT2D eigenvalue weighted by Gasteiger charge is 2.50. The SMILES string of the molecule is CCN(C(=O)c1cc(F)ccc1Oc1nncnc1N1CCC2(C1)CN(C(CCN(C)CCO)C(C)C)C2)C(C)C. The number of aromatic nitrogens is 3. The number of rotatable bonds is 13. The molecule has 2 saturated heterocycles. The largest absolute Gasteiger partial charge is 0.434 e. The zero-order chi connectivity index (χ0) is 29.7. The summed E-state index contributed by atoms with van der Waals surface area (Å²) in [6.45, 7) is 16.4. The summed E-state index contributed by atoms with van der Waals surface area (Å²) < 4.78 is 20.4. The Balaban J connectivity index is 1.46. The van der Waals surface area contributed by atoms with E-state index >= 15 is 0 Å². The molecule has 1 spiro atoms. The molecule has 1 atom stereocenters. The highest BCUT2D eigenvalue weighted by molar-refractivity contribution is 5.97. The standard InChI is InChI=1S/C30H46FN7O3/c1-7-38(22(4)5)29(40)24-16-23(31)8-9-26(24)41-28-27(32-20-33-34-28)36-13-11-30(17-36)18-37(19-30)25(21(2)3)10-12-35(6)14-15-39/h8-9,16,20-22,25,39H,7,10-15,17-19H2,1-6H3. The van der Waals surface area contributed by atoms with Crippen LogP contribution >= 0.6 is 0 Å². The monoisotopic (exact) mass is 571 g/mol. The summed E-state index contributed by atoms with van der Waals surface area (Å²) in [6, 6.07) is 4.42. The molecule has 3 heterocycles. The third kappa shape index (κ3) is 7.13. The van der Waals surface area contributed by atoms with Crippen molar-refractivity contribution in [2.24, 2.45) is 11.3 Å². The number of aliphatic hydroxyl groups is 1. The highest BCUT2D eigenvalue weighted by atomic mass is 19.1. The molecular weight excluding hydrogens is 525 g/mol. The molecular formula is C30H46FN7O3. The Morgan fingerprint density at radius 3 is 2.61 bits per heavy atom. The predicted octanol–water partition coefficient (Wildman–Crippen LogP) is 3.52. The van der Waals surface area contributed by atoms with Gasteiger partial charge in [-0.1, -0.05) is 13.8 Å². The lowest BCUT2D eigenvalue weighted by Gasteiger charge is -2.53. The van der Waals surface area contributed by atoms with Crippen molar-refractivity contribution in [3.05, 3.63) is 35.9 Å². The Morgan fingerprint density at radius 1 is 1.20 bits per heavy atom. The zero-order valence-electron chi connectivity index (χ0n) is 25.4. The van der Waals surface area contributed by atoms with E-state index in [1.54, 1.807) is 4.90 Å². The molecule has 0 saturated carbocycles. The van der Waals surface area contributed by atoms with Crippen LogP contribution in [0.4, 0.5) is 10.2 Å². The Kier molecular flexibility index (Phi) is 10.1. The number of ether oxygens (including phenoxy) is 1. The van der Waals surface area contributed by atoms with Gasteiger partial charge in [-0.05, 0) is 71.3 Å². The minimum absolute atomic E-state index is 0.0445. The van der Waals surface area contributed by atoms with Gasteiger partial charge in [-0.2, -0.15) is 0 Å². The number of amides is 1. The van der Waals surface area contributed by atoms with Crippen LogP contribution < -0.4 is 9.64 Å². The number of benzene rings is 1. The van der Waals surface area contributed by atoms with Crippen molar-refractivity contribution >= 4 is 11.7 Å². The van der Waals surface area contributed by atoms with Crippen LogP contribution in [-0.2, 0) is 0 Å². The van der Waals surface area contributed by atoms with Crippen LogP contribution in [0.25, 0.3) is 0 Å². The summed E-state index contributed by atoms with van der Waals surface area (Å²) in [5, 5.41) is 17.4. The second-order valence-corrected chi connectivity index (χ2v) is 12.2. The molecule has 226 valence electrons. The molecule has 2 aromatic rings. The first-order chi connectivity index (χ1) is 19.6. The minimum atomic E-state index is -0.506. The number of carbonyl (C=O) groups is 1. The van der Waals surface area contributed by atoms with Crippen molar-refractivity contribution in [3.63, 3.8) is 0 Å². The molecule has 0 radical (unpaired) electrons. The number of halogens is 1. The summed E-state index contributed by atoms with van der Waals surface area (Å²) in [7, 11) is 2.06. The molecule has 2 aliphatic rings. The van der Waals surface area contributed by atoms with E-state index in [1.807, 2.05) is 20.8 Å². The second kappa shape index (κ2) is 13.4. The van der Waals surface area contributed by atoms with Gasteiger partial charge < -0.3 is 24.5 Å². The van der Waals surface area contributed by atoms with Crippen molar-refractivity contribution < 1.29 is 19.0 Å². The van der Waals surface area contributed by atoms with Gasteiger partial charge in [-0.25, -0.2) is 9.37 Å². The molecule has 41 heavy (non-hydrogen) atoms. The summed E-state index contributed by atoms with van der Waals surface area (Å²) in [6.07, 6.45) is 3.53. The summed E-state index contributed by atoms with van der Waals surface area (Å²) in [4.78, 5) is 26.5. The van der Waals surface area contributed by atoms with Gasteiger partial charge in [0, 0.05) is 56.8 Å². The van der Waals surface area contributed by atoms with Crippen molar-refractivity contribution in [3.8, 4) is 11.6 Å². The van der Waals surface area contributed by atoms with Crippen LogP contribution in [0.2, 0.25) is 0 Å². The lowest BCUT2D eigenvalue weighted by Crippen LogP contribution is -2.62. The van der Waals surface area contributed by atoms with Crippen LogP contribution in [0, 0.1) is 17.2 Å². The van der Waals surface area contributed by atoms with Crippen molar-refractivity contribution in [2.45, 2.75) is 59.5 Å². The second-order valence-electron chi connectivity index (χ2n) is 12.2. The van der Waals surface area contributed by atoms with Gasteiger partial charge in [0.25, 0.3) is 11.8 Å². The number of carbonyl (C=O) groups excluding carboxylic acids is 1. The smallest absolute Gasteiger partial charge is 0.282 e. The van der Waals surface area contributed by atoms with E-state index in [0.29, 0.717) is 30.9 Å². The number of likely N-dealkylation sites (tertiary alicyclic amines) is 1. The van der Waals surface area contributed by atoms with Crippen LogP contribution in [-0.4, -0.2) is 112 Å². The number of likely N-dealkylation sites (N-methyl/N-ethyl adjacent to an activating group) is 1. The summed E-state index contributed by atoms with van der Waals surface area (Å²) in [5.41, 5.74) is 0.330. The molecule has 1 amide bonds. The van der Waals surface area contributed by atoms with E-state index in [1.165, 1.54) is 24.5 Å². The number of nitrogens with zero attached hydrogens (tertiary/aromatic N) is 7. The van der Waals surface area contributed by atoms with Crippen molar-refractivity contribution in [2.75, 3.05) is 64.4 Å². The maximum absolute atomic E-state index is 14.2. The van der Waals surface area contributed by atoms with E-state index in [9.17, 15) is 14.3 Å². The Bertz CT molecular complexity index is 1170. The van der Waals surface area contributed by atoms with Gasteiger partial charge in [0.1, 0.15) is 17.9 Å². The molecule has 4 rings (SSSR count). The van der Waals surface area contributed by atoms with Gasteiger partial charge in [-0.3, -0.25) is 9.69 Å². The molecule has 10 nitrogen and oxygen atoms in total. The fourth-order valence-electron chi connectivity index (χ4n) is 6.30. The van der Waals surface area contributed by atoms with E-state index in [4.69, 9.17) is 4.74 Å². The van der Waals surface area contributed by atoms with E-state index < -0.39 is 5.82 Å². The normalized spacial score (nSPS) is 17.5. The van der Waals surface area contributed by atoms with Gasteiger partial charge in [-0.15, -0.1) is 10.2 Å². The zero-order valence-corrected chi connectivity index (χ0v) is 25.4. The first kappa shape index (κ1) is 31.1. The van der Waals surface area contributed by atoms with Gasteiger partial charge in [0.2, 0.25) is 0 Å². The van der Waals surface area contributed by atoms with E-state index in [0.717, 1.165) is 45.6 Å². The lowest BCUT2D eigenvalue weighted by molar-refractivity contribution is -0.0355. The number of aliphatic hydroxyl groups excluding tert-OH is 1. The van der Waals surface area contributed by atoms with Crippen LogP contribution in [0.3, 0.4) is 0 Å². The minimum Gasteiger partial charge on any atom is -0.434 e. The maximum Gasteiger partial charge on any atom is 0.282 e. The van der Waals surface area contributed by atoms with E-state index in [2.05, 4.69) is 50.8 Å². The number of hydrogen-bond donors (Lipinski definition) is 1. The Morgan fingerprint density at radius 2 is 1.95 bits per heavy atom. The Labute approximate surface area is 243 Å². The molecule has 1 unspecified atom stereocenters. The fraction of sp³-hybridized carbons (Fsp3) is 0.667. The molecule has 0 bridgehead atoms. The van der Waals surface area contributed by atoms with Gasteiger partial charge in [0.15, 0.2) is 5.82 Å². The molecule has 2 aliphatic heterocycles. The number of hydrogen-bond acceptors (Lipinski definition) is 9. The molecule has 1 N–H and O–H groups in total. The maximum atomic E-state index is 14.2. The van der Waals surface area contributed by atoms with Gasteiger partial charge >= 0.3 is 0 Å².